The maximum atomic E-state index is 7.52. The van der Waals surface area contributed by atoms with E-state index in [9.17, 15) is 0 Å². The zero-order valence-electron chi connectivity index (χ0n) is 7.72. The van der Waals surface area contributed by atoms with E-state index in [0.717, 1.165) is 31.6 Å². The summed E-state index contributed by atoms with van der Waals surface area (Å²) in [4.78, 5) is 6.67. The molecule has 0 saturated carbocycles. The van der Waals surface area contributed by atoms with Gasteiger partial charge in [-0.25, -0.2) is 0 Å². The molecule has 13 heavy (non-hydrogen) atoms. The Labute approximate surface area is 83.0 Å². The highest BCUT2D eigenvalue weighted by Gasteiger charge is 2.16. The van der Waals surface area contributed by atoms with Gasteiger partial charge in [0.1, 0.15) is 12.9 Å². The fourth-order valence-corrected chi connectivity index (χ4v) is 1.51. The number of oxime groups is 1. The minimum atomic E-state index is 0.288. The zero-order valence-corrected chi connectivity index (χ0v) is 8.47. The fraction of sp³-hybridized carbons (Fsp3) is 0.750. The molecule has 1 N–H and O–H groups in total. The van der Waals surface area contributed by atoms with Gasteiger partial charge >= 0.3 is 0 Å². The Morgan fingerprint density at radius 3 is 2.69 bits per heavy atom. The Morgan fingerprint density at radius 1 is 1.62 bits per heavy atom. The van der Waals surface area contributed by atoms with Crippen molar-refractivity contribution in [1.82, 2.24) is 4.90 Å². The number of alkyl halides is 1. The average Bonchev–Trinajstić information content (AvgIpc) is 2.18. The molecule has 0 unspecified atom stereocenters. The third-order valence-corrected chi connectivity index (χ3v) is 2.32. The van der Waals surface area contributed by atoms with E-state index in [1.165, 1.54) is 0 Å². The zero-order chi connectivity index (χ0) is 9.68. The molecular formula is C8H14ClN3O. The van der Waals surface area contributed by atoms with Gasteiger partial charge in [-0.15, -0.1) is 11.6 Å². The second-order valence-corrected chi connectivity index (χ2v) is 3.17. The van der Waals surface area contributed by atoms with Crippen molar-refractivity contribution in [3.63, 3.8) is 0 Å². The van der Waals surface area contributed by atoms with Gasteiger partial charge < -0.3 is 9.74 Å². The van der Waals surface area contributed by atoms with Gasteiger partial charge in [0, 0.05) is 25.9 Å². The van der Waals surface area contributed by atoms with Gasteiger partial charge in [0.2, 0.25) is 0 Å². The van der Waals surface area contributed by atoms with Crippen LogP contribution in [0, 0.1) is 5.41 Å². The van der Waals surface area contributed by atoms with Crippen molar-refractivity contribution < 1.29 is 4.84 Å². The lowest BCUT2D eigenvalue weighted by atomic mass is 10.1. The Morgan fingerprint density at radius 2 is 2.23 bits per heavy atom. The first-order valence-electron chi connectivity index (χ1n) is 4.25. The van der Waals surface area contributed by atoms with Crippen LogP contribution in [0.4, 0.5) is 0 Å². The predicted octanol–water partition coefficient (Wildman–Crippen LogP) is 1.30. The van der Waals surface area contributed by atoms with Gasteiger partial charge in [0.05, 0.1) is 11.6 Å². The van der Waals surface area contributed by atoms with Gasteiger partial charge in [-0.2, -0.15) is 0 Å². The largest absolute Gasteiger partial charge is 0.399 e. The molecule has 0 radical (unpaired) electrons. The first kappa shape index (κ1) is 10.3. The molecule has 0 aliphatic carbocycles. The highest BCUT2D eigenvalue weighted by Crippen LogP contribution is 2.08. The lowest BCUT2D eigenvalue weighted by Crippen LogP contribution is -2.39. The van der Waals surface area contributed by atoms with E-state index in [2.05, 4.69) is 5.16 Å². The molecule has 1 saturated heterocycles. The molecule has 1 aliphatic heterocycles. The van der Waals surface area contributed by atoms with Gasteiger partial charge in [0.25, 0.3) is 0 Å². The van der Waals surface area contributed by atoms with Crippen molar-refractivity contribution in [1.29, 1.82) is 5.41 Å². The summed E-state index contributed by atoms with van der Waals surface area (Å²) in [5.41, 5.74) is 1.07. The molecule has 0 bridgehead atoms. The molecule has 0 spiro atoms. The summed E-state index contributed by atoms with van der Waals surface area (Å²) in [7, 11) is 1.56. The summed E-state index contributed by atoms with van der Waals surface area (Å²) in [5, 5.41) is 11.4. The molecule has 74 valence electrons. The maximum Gasteiger partial charge on any atom is 0.111 e. The minimum absolute atomic E-state index is 0.288. The average molecular weight is 204 g/mol. The summed E-state index contributed by atoms with van der Waals surface area (Å²) in [6.07, 6.45) is 1.74. The Hall–Kier alpha value is -0.770. The van der Waals surface area contributed by atoms with E-state index >= 15 is 0 Å². The highest BCUT2D eigenvalue weighted by molar-refractivity contribution is 6.27. The molecule has 5 heteroatoms. The van der Waals surface area contributed by atoms with Crippen LogP contribution < -0.4 is 0 Å². The van der Waals surface area contributed by atoms with Gasteiger partial charge in [-0.3, -0.25) is 5.41 Å². The van der Waals surface area contributed by atoms with Crippen LogP contribution in [-0.4, -0.2) is 42.5 Å². The normalized spacial score (nSPS) is 17.1. The van der Waals surface area contributed by atoms with Crippen molar-refractivity contribution in [3.8, 4) is 0 Å². The van der Waals surface area contributed by atoms with Gasteiger partial charge in [-0.05, 0) is 0 Å². The summed E-state index contributed by atoms with van der Waals surface area (Å²) in [6, 6.07) is 0. The maximum absolute atomic E-state index is 7.52. The molecular weight excluding hydrogens is 190 g/mol. The standard InChI is InChI=1S/C8H14ClN3O/c1-13-11-7-2-4-12(5-3-7)8(10)6-9/h10H,2-6H2,1H3. The van der Waals surface area contributed by atoms with Crippen molar-refractivity contribution >= 4 is 23.1 Å². The predicted molar refractivity (Wildman–Crippen MR) is 53.7 cm³/mol. The number of hydrogen-bond donors (Lipinski definition) is 1. The first-order chi connectivity index (χ1) is 6.27. The summed E-state index contributed by atoms with van der Waals surface area (Å²) >= 11 is 5.56. The van der Waals surface area contributed by atoms with E-state index < -0.39 is 0 Å². The van der Waals surface area contributed by atoms with E-state index in [1.807, 2.05) is 4.90 Å². The fourth-order valence-electron chi connectivity index (χ4n) is 1.34. The summed E-state index contributed by atoms with van der Waals surface area (Å²) in [6.45, 7) is 1.65. The molecule has 0 aromatic rings. The molecule has 1 aliphatic rings. The lowest BCUT2D eigenvalue weighted by Gasteiger charge is -2.28. The second-order valence-electron chi connectivity index (χ2n) is 2.91. The number of nitrogens with one attached hydrogen (secondary N) is 1. The second kappa shape index (κ2) is 5.07. The minimum Gasteiger partial charge on any atom is -0.399 e. The van der Waals surface area contributed by atoms with Crippen molar-refractivity contribution in [3.05, 3.63) is 0 Å². The SMILES string of the molecule is CON=C1CCN(C(=N)CCl)CC1. The van der Waals surface area contributed by atoms with Crippen molar-refractivity contribution in [2.45, 2.75) is 12.8 Å². The molecule has 4 nitrogen and oxygen atoms in total. The molecule has 1 fully saturated rings. The van der Waals surface area contributed by atoms with E-state index in [1.54, 1.807) is 7.11 Å². The van der Waals surface area contributed by atoms with E-state index in [-0.39, 0.29) is 5.88 Å². The summed E-state index contributed by atoms with van der Waals surface area (Å²) < 4.78 is 0. The highest BCUT2D eigenvalue weighted by atomic mass is 35.5. The van der Waals surface area contributed by atoms with Crippen LogP contribution in [0.3, 0.4) is 0 Å². The molecule has 1 heterocycles. The Bertz CT molecular complexity index is 207. The number of likely N-dealkylation sites (tertiary alicyclic amines) is 1. The molecule has 0 atom stereocenters. The number of halogens is 1. The molecule has 0 amide bonds. The number of hydrogen-bond acceptors (Lipinski definition) is 3. The van der Waals surface area contributed by atoms with Crippen LogP contribution in [0.25, 0.3) is 0 Å². The number of amidine groups is 1. The van der Waals surface area contributed by atoms with Crippen LogP contribution in [0.2, 0.25) is 0 Å². The van der Waals surface area contributed by atoms with Crippen molar-refractivity contribution in [2.24, 2.45) is 5.16 Å². The first-order valence-corrected chi connectivity index (χ1v) is 4.78. The third-order valence-electron chi connectivity index (χ3n) is 2.07. The topological polar surface area (TPSA) is 48.7 Å². The number of rotatable bonds is 2. The number of piperidine rings is 1. The van der Waals surface area contributed by atoms with Crippen LogP contribution in [0.1, 0.15) is 12.8 Å². The van der Waals surface area contributed by atoms with Gasteiger partial charge in [-0.1, -0.05) is 5.16 Å². The van der Waals surface area contributed by atoms with Crippen LogP contribution in [-0.2, 0) is 4.84 Å². The number of nitrogens with zero attached hydrogens (tertiary/aromatic N) is 2. The smallest absolute Gasteiger partial charge is 0.111 e. The van der Waals surface area contributed by atoms with E-state index in [4.69, 9.17) is 21.8 Å². The Kier molecular flexibility index (Phi) is 4.02. The lowest BCUT2D eigenvalue weighted by molar-refractivity contribution is 0.209. The molecule has 0 aromatic carbocycles. The third kappa shape index (κ3) is 2.88. The van der Waals surface area contributed by atoms with Gasteiger partial charge in [0.15, 0.2) is 0 Å². The van der Waals surface area contributed by atoms with Crippen molar-refractivity contribution in [2.75, 3.05) is 26.1 Å². The monoisotopic (exact) mass is 203 g/mol. The molecule has 1 rings (SSSR count). The Balaban J connectivity index is 2.39. The quantitative estimate of drug-likeness (QED) is 0.318. The van der Waals surface area contributed by atoms with Crippen LogP contribution >= 0.6 is 11.6 Å². The van der Waals surface area contributed by atoms with E-state index in [0.29, 0.717) is 5.84 Å². The molecule has 0 aromatic heterocycles. The van der Waals surface area contributed by atoms with Crippen LogP contribution in [0.5, 0.6) is 0 Å². The summed E-state index contributed by atoms with van der Waals surface area (Å²) in [5.74, 6) is 0.787. The van der Waals surface area contributed by atoms with Crippen LogP contribution in [0.15, 0.2) is 5.16 Å².